The number of nitrogens with one attached hydrogen (secondary N) is 2. The molecule has 6 nitrogen and oxygen atoms in total. The molecule has 7 heteroatoms. The van der Waals surface area contributed by atoms with Gasteiger partial charge in [0.2, 0.25) is 0 Å². The molecule has 0 radical (unpaired) electrons. The third kappa shape index (κ3) is 4.24. The summed E-state index contributed by atoms with van der Waals surface area (Å²) in [5, 5.41) is 9.75. The van der Waals surface area contributed by atoms with Crippen LogP contribution in [-0.4, -0.2) is 20.8 Å². The molecule has 0 unspecified atom stereocenters. The van der Waals surface area contributed by atoms with Gasteiger partial charge in [-0.15, -0.1) is 0 Å². The van der Waals surface area contributed by atoms with Crippen LogP contribution in [0.25, 0.3) is 5.82 Å². The van der Waals surface area contributed by atoms with Crippen molar-refractivity contribution in [3.8, 4) is 5.82 Å². The molecule has 26 heavy (non-hydrogen) atoms. The molecule has 0 fully saturated rings. The molecule has 1 aromatic carbocycles. The maximum Gasteiger partial charge on any atom is 0.315 e. The van der Waals surface area contributed by atoms with Crippen molar-refractivity contribution in [2.24, 2.45) is 0 Å². The molecule has 2 N–H and O–H groups in total. The number of hydrogen-bond donors (Lipinski definition) is 2. The fourth-order valence-electron chi connectivity index (χ4n) is 2.57. The zero-order valence-corrected chi connectivity index (χ0v) is 14.7. The summed E-state index contributed by atoms with van der Waals surface area (Å²) in [6.07, 6.45) is 1.70. The second-order valence-electron chi connectivity index (χ2n) is 5.99. The van der Waals surface area contributed by atoms with Gasteiger partial charge in [-0.25, -0.2) is 18.9 Å². The molecular formula is C19H20FN5O. The maximum absolute atomic E-state index is 13.5. The van der Waals surface area contributed by atoms with Crippen molar-refractivity contribution >= 4 is 6.03 Å². The van der Waals surface area contributed by atoms with Crippen LogP contribution in [0.3, 0.4) is 0 Å². The first-order chi connectivity index (χ1) is 12.5. The van der Waals surface area contributed by atoms with Gasteiger partial charge in [0, 0.05) is 30.5 Å². The fraction of sp³-hybridized carbons (Fsp3) is 0.211. The second-order valence-corrected chi connectivity index (χ2v) is 5.99. The Hall–Kier alpha value is -3.22. The number of benzene rings is 1. The summed E-state index contributed by atoms with van der Waals surface area (Å²) in [4.78, 5) is 16.2. The Bertz CT molecular complexity index is 905. The average molecular weight is 353 g/mol. The van der Waals surface area contributed by atoms with Gasteiger partial charge in [0.25, 0.3) is 0 Å². The number of amides is 2. The number of hydrogen-bond acceptors (Lipinski definition) is 3. The van der Waals surface area contributed by atoms with Crippen molar-refractivity contribution < 1.29 is 9.18 Å². The van der Waals surface area contributed by atoms with E-state index in [-0.39, 0.29) is 18.4 Å². The normalized spacial score (nSPS) is 10.6. The number of nitrogens with zero attached hydrogens (tertiary/aromatic N) is 3. The molecule has 134 valence electrons. The number of halogens is 1. The van der Waals surface area contributed by atoms with Gasteiger partial charge >= 0.3 is 6.03 Å². The van der Waals surface area contributed by atoms with E-state index in [1.165, 1.54) is 6.07 Å². The Labute approximate surface area is 151 Å². The molecular weight excluding hydrogens is 333 g/mol. The van der Waals surface area contributed by atoms with E-state index in [0.717, 1.165) is 22.8 Å². The molecule has 2 heterocycles. The van der Waals surface area contributed by atoms with Gasteiger partial charge in [0.1, 0.15) is 5.82 Å². The standard InChI is InChI=1S/C19H20FN5O/c1-13-9-14(2)25(24-13)18-8-7-15(10-21-18)11-22-19(26)23-12-16-5-3-4-6-17(16)20/h3-10H,11-12H2,1-2H3,(H2,22,23,26). The SMILES string of the molecule is Cc1cc(C)n(-c2ccc(CNC(=O)NCc3ccccc3F)cn2)n1. The summed E-state index contributed by atoms with van der Waals surface area (Å²) in [6.45, 7) is 4.36. The molecule has 2 amide bonds. The highest BCUT2D eigenvalue weighted by Gasteiger charge is 2.06. The van der Waals surface area contributed by atoms with Crippen LogP contribution in [0, 0.1) is 19.7 Å². The average Bonchev–Trinajstić information content (AvgIpc) is 2.98. The summed E-state index contributed by atoms with van der Waals surface area (Å²) in [5.74, 6) is 0.389. The predicted octanol–water partition coefficient (Wildman–Crippen LogP) is 3.02. The van der Waals surface area contributed by atoms with Crippen LogP contribution in [0.1, 0.15) is 22.5 Å². The number of pyridine rings is 1. The molecule has 0 saturated heterocycles. The van der Waals surface area contributed by atoms with Gasteiger partial charge in [0.05, 0.1) is 5.69 Å². The Balaban J connectivity index is 1.52. The van der Waals surface area contributed by atoms with E-state index in [0.29, 0.717) is 12.1 Å². The van der Waals surface area contributed by atoms with Gasteiger partial charge < -0.3 is 10.6 Å². The molecule has 0 aliphatic rings. The molecule has 0 spiro atoms. The second kappa shape index (κ2) is 7.77. The van der Waals surface area contributed by atoms with Crippen LogP contribution in [-0.2, 0) is 13.1 Å². The summed E-state index contributed by atoms with van der Waals surface area (Å²) in [6, 6.07) is 11.7. The van der Waals surface area contributed by atoms with Crippen LogP contribution >= 0.6 is 0 Å². The van der Waals surface area contributed by atoms with E-state index in [2.05, 4.69) is 20.7 Å². The first kappa shape index (κ1) is 17.6. The first-order valence-electron chi connectivity index (χ1n) is 8.26. The van der Waals surface area contributed by atoms with E-state index < -0.39 is 0 Å². The minimum Gasteiger partial charge on any atom is -0.334 e. The number of aromatic nitrogens is 3. The highest BCUT2D eigenvalue weighted by atomic mass is 19.1. The third-order valence-corrected chi connectivity index (χ3v) is 3.89. The summed E-state index contributed by atoms with van der Waals surface area (Å²) < 4.78 is 15.3. The van der Waals surface area contributed by atoms with Gasteiger partial charge in [-0.1, -0.05) is 24.3 Å². The van der Waals surface area contributed by atoms with Crippen LogP contribution in [0.2, 0.25) is 0 Å². The molecule has 0 aliphatic carbocycles. The first-order valence-corrected chi connectivity index (χ1v) is 8.26. The van der Waals surface area contributed by atoms with Crippen LogP contribution in [0.5, 0.6) is 0 Å². The minimum atomic E-state index is -0.365. The van der Waals surface area contributed by atoms with Crippen molar-refractivity contribution in [2.45, 2.75) is 26.9 Å². The molecule has 0 aliphatic heterocycles. The Kier molecular flexibility index (Phi) is 5.26. The quantitative estimate of drug-likeness (QED) is 0.741. The molecule has 3 rings (SSSR count). The van der Waals surface area contributed by atoms with Crippen molar-refractivity contribution in [3.05, 3.63) is 77.0 Å². The number of aryl methyl sites for hydroxylation is 2. The Morgan fingerprint density at radius 3 is 2.54 bits per heavy atom. The number of carbonyl (C=O) groups is 1. The lowest BCUT2D eigenvalue weighted by Crippen LogP contribution is -2.34. The lowest BCUT2D eigenvalue weighted by molar-refractivity contribution is 0.240. The minimum absolute atomic E-state index is 0.133. The largest absolute Gasteiger partial charge is 0.334 e. The number of rotatable bonds is 5. The molecule has 0 bridgehead atoms. The summed E-state index contributed by atoms with van der Waals surface area (Å²) in [7, 11) is 0. The zero-order valence-electron chi connectivity index (χ0n) is 14.7. The van der Waals surface area contributed by atoms with Gasteiger partial charge in [-0.3, -0.25) is 0 Å². The fourth-order valence-corrected chi connectivity index (χ4v) is 2.57. The van der Waals surface area contributed by atoms with Crippen molar-refractivity contribution in [1.29, 1.82) is 0 Å². The van der Waals surface area contributed by atoms with E-state index >= 15 is 0 Å². The lowest BCUT2D eigenvalue weighted by Gasteiger charge is -2.09. The van der Waals surface area contributed by atoms with Crippen molar-refractivity contribution in [1.82, 2.24) is 25.4 Å². The molecule has 2 aromatic heterocycles. The Morgan fingerprint density at radius 2 is 1.88 bits per heavy atom. The molecule has 0 atom stereocenters. The monoisotopic (exact) mass is 353 g/mol. The Morgan fingerprint density at radius 1 is 1.12 bits per heavy atom. The molecule has 0 saturated carbocycles. The van der Waals surface area contributed by atoms with Crippen LogP contribution in [0.4, 0.5) is 9.18 Å². The summed E-state index contributed by atoms with van der Waals surface area (Å²) >= 11 is 0. The third-order valence-electron chi connectivity index (χ3n) is 3.89. The zero-order chi connectivity index (χ0) is 18.5. The molecule has 3 aromatic rings. The van der Waals surface area contributed by atoms with E-state index in [1.54, 1.807) is 29.1 Å². The van der Waals surface area contributed by atoms with Crippen molar-refractivity contribution in [3.63, 3.8) is 0 Å². The highest BCUT2D eigenvalue weighted by molar-refractivity contribution is 5.73. The summed E-state index contributed by atoms with van der Waals surface area (Å²) in [5.41, 5.74) is 3.24. The van der Waals surface area contributed by atoms with Crippen molar-refractivity contribution in [2.75, 3.05) is 0 Å². The predicted molar refractivity (Wildman–Crippen MR) is 96.3 cm³/mol. The van der Waals surface area contributed by atoms with E-state index in [1.807, 2.05) is 32.0 Å². The smallest absolute Gasteiger partial charge is 0.315 e. The maximum atomic E-state index is 13.5. The number of carbonyl (C=O) groups excluding carboxylic acids is 1. The highest BCUT2D eigenvalue weighted by Crippen LogP contribution is 2.10. The van der Waals surface area contributed by atoms with Crippen LogP contribution in [0.15, 0.2) is 48.7 Å². The van der Waals surface area contributed by atoms with Gasteiger partial charge in [-0.2, -0.15) is 5.10 Å². The van der Waals surface area contributed by atoms with Crippen LogP contribution < -0.4 is 10.6 Å². The topological polar surface area (TPSA) is 71.8 Å². The van der Waals surface area contributed by atoms with Gasteiger partial charge in [0.15, 0.2) is 5.82 Å². The van der Waals surface area contributed by atoms with Gasteiger partial charge in [-0.05, 0) is 37.6 Å². The van der Waals surface area contributed by atoms with E-state index in [4.69, 9.17) is 0 Å². The lowest BCUT2D eigenvalue weighted by atomic mass is 10.2. The van der Waals surface area contributed by atoms with E-state index in [9.17, 15) is 9.18 Å². The number of urea groups is 1.